The Balaban J connectivity index is 3.90. The van der Waals surface area contributed by atoms with Crippen LogP contribution in [0.1, 0.15) is 0 Å². The largest absolute Gasteiger partial charge is 0.703 e. The number of nitrogens with one attached hydrogen (secondary N) is 1. The van der Waals surface area contributed by atoms with Crippen LogP contribution in [0.15, 0.2) is 0 Å². The van der Waals surface area contributed by atoms with Crippen LogP contribution in [0.25, 0.3) is 0 Å². The molecule has 0 aliphatic rings. The lowest BCUT2D eigenvalue weighted by atomic mass is 11.2. The lowest BCUT2D eigenvalue weighted by Gasteiger charge is -1.99. The van der Waals surface area contributed by atoms with E-state index in [0.717, 1.165) is 0 Å². The maximum Gasteiger partial charge on any atom is 0.703 e. The van der Waals surface area contributed by atoms with Gasteiger partial charge >= 0.3 is 15.9 Å². The predicted octanol–water partition coefficient (Wildman–Crippen LogP) is -0.458. The van der Waals surface area contributed by atoms with Crippen LogP contribution in [0.3, 0.4) is 0 Å². The summed E-state index contributed by atoms with van der Waals surface area (Å²) in [5.74, 6) is 0. The molecule has 2 unspecified atom stereocenters. The van der Waals surface area contributed by atoms with Crippen molar-refractivity contribution in [2.45, 2.75) is 0 Å². The quantitative estimate of drug-likeness (QED) is 0.410. The highest BCUT2D eigenvalue weighted by Gasteiger charge is 2.32. The molecule has 0 aliphatic carbocycles. The number of rotatable bonds is 5. The third-order valence-corrected chi connectivity index (χ3v) is 2.73. The minimum Gasteiger partial charge on any atom is -0.347 e. The molecule has 0 aliphatic heterocycles. The van der Waals surface area contributed by atoms with Gasteiger partial charge in [0.2, 0.25) is 6.41 Å². The number of hydrogen-bond acceptors (Lipinski definition) is 4. The molecule has 0 aromatic rings. The second kappa shape index (κ2) is 4.54. The Hall–Kier alpha value is -0.320. The fraction of sp³-hybridized carbons (Fsp3) is 0.500. The van der Waals surface area contributed by atoms with Gasteiger partial charge in [-0.2, -0.15) is 0 Å². The van der Waals surface area contributed by atoms with Crippen molar-refractivity contribution in [2.24, 2.45) is 0 Å². The van der Waals surface area contributed by atoms with E-state index in [1.165, 1.54) is 0 Å². The Morgan fingerprint density at radius 2 is 2.27 bits per heavy atom. The third-order valence-electron chi connectivity index (χ3n) is 0.572. The first-order chi connectivity index (χ1) is 4.98. The van der Waals surface area contributed by atoms with Gasteiger partial charge in [0, 0.05) is 4.57 Å². The second-order valence-electron chi connectivity index (χ2n) is 1.44. The summed E-state index contributed by atoms with van der Waals surface area (Å²) in [6.07, 6.45) is -0.505. The molecule has 11 heavy (non-hydrogen) atoms. The van der Waals surface area contributed by atoms with Crippen LogP contribution in [0, 0.1) is 0 Å². The van der Waals surface area contributed by atoms with Crippen molar-refractivity contribution in [3.8, 4) is 0 Å². The molecule has 0 bridgehead atoms. The van der Waals surface area contributed by atoms with Gasteiger partial charge in [-0.05, 0) is 4.31 Å². The van der Waals surface area contributed by atoms with E-state index in [4.69, 9.17) is 9.79 Å². The number of carbonyl (C=O) groups is 1. The van der Waals surface area contributed by atoms with E-state index in [1.54, 1.807) is 0 Å². The van der Waals surface area contributed by atoms with Gasteiger partial charge in [0.25, 0.3) is 0 Å². The van der Waals surface area contributed by atoms with Gasteiger partial charge in [-0.1, -0.05) is 0 Å². The summed E-state index contributed by atoms with van der Waals surface area (Å²) < 4.78 is 24.1. The van der Waals surface area contributed by atoms with Crippen molar-refractivity contribution >= 4 is 22.3 Å². The van der Waals surface area contributed by atoms with Crippen LogP contribution in [0.5, 0.6) is 0 Å². The Morgan fingerprint density at radius 3 is 2.64 bits per heavy atom. The molecule has 2 atom stereocenters. The number of hydrogen-bond donors (Lipinski definition) is 3. The van der Waals surface area contributed by atoms with E-state index >= 15 is 0 Å². The normalized spacial score (nSPS) is 16.7. The van der Waals surface area contributed by atoms with Gasteiger partial charge in [0.15, 0.2) is 0 Å². The predicted molar refractivity (Wildman–Crippen MR) is 34.8 cm³/mol. The summed E-state index contributed by atoms with van der Waals surface area (Å²) >= 11 is 0. The van der Waals surface area contributed by atoms with Crippen LogP contribution in [0.4, 0.5) is 0 Å². The van der Waals surface area contributed by atoms with Crippen molar-refractivity contribution in [2.75, 3.05) is 6.29 Å². The molecule has 0 fully saturated rings. The average molecular weight is 202 g/mol. The molecule has 0 radical (unpaired) electrons. The fourth-order valence-corrected chi connectivity index (χ4v) is 1.70. The molecule has 0 rings (SSSR count). The SMILES string of the molecule is O=CNCP(=O)(O)O[P+](=O)O. The zero-order valence-electron chi connectivity index (χ0n) is 5.21. The van der Waals surface area contributed by atoms with Crippen LogP contribution in [-0.2, 0) is 18.2 Å². The van der Waals surface area contributed by atoms with Gasteiger partial charge in [-0.15, -0.1) is 4.89 Å². The second-order valence-corrected chi connectivity index (χ2v) is 4.16. The van der Waals surface area contributed by atoms with Crippen LogP contribution >= 0.6 is 15.9 Å². The van der Waals surface area contributed by atoms with Gasteiger partial charge < -0.3 is 10.2 Å². The Labute approximate surface area is 62.9 Å². The highest BCUT2D eigenvalue weighted by Crippen LogP contribution is 2.48. The van der Waals surface area contributed by atoms with E-state index in [9.17, 15) is 13.9 Å². The number of carbonyl (C=O) groups excluding carboxylic acids is 1. The highest BCUT2D eigenvalue weighted by molar-refractivity contribution is 7.59. The maximum absolute atomic E-state index is 10.6. The maximum atomic E-state index is 10.6. The molecule has 1 amide bonds. The average Bonchev–Trinajstić information content (AvgIpc) is 1.81. The smallest absolute Gasteiger partial charge is 0.347 e. The monoisotopic (exact) mass is 202 g/mol. The fourth-order valence-electron chi connectivity index (χ4n) is 0.291. The zero-order valence-corrected chi connectivity index (χ0v) is 7.00. The molecular weight excluding hydrogens is 196 g/mol. The molecule has 0 heterocycles. The van der Waals surface area contributed by atoms with Gasteiger partial charge in [0.05, 0.1) is 0 Å². The van der Waals surface area contributed by atoms with Crippen LogP contribution < -0.4 is 5.32 Å². The molecule has 64 valence electrons. The molecule has 9 heteroatoms. The third kappa shape index (κ3) is 6.09. The molecule has 0 aromatic heterocycles. The lowest BCUT2D eigenvalue weighted by Crippen LogP contribution is -2.12. The molecule has 0 saturated heterocycles. The summed E-state index contributed by atoms with van der Waals surface area (Å²) in [6.45, 7) is 0. The number of amides is 1. The molecule has 7 nitrogen and oxygen atoms in total. The topological polar surface area (TPSA) is 113 Å². The Bertz CT molecular complexity index is 203. The molecular formula is C2H6NO6P2+. The van der Waals surface area contributed by atoms with Crippen molar-refractivity contribution in [3.05, 3.63) is 0 Å². The minimum absolute atomic E-state index is 0.177. The Kier molecular flexibility index (Phi) is 4.40. The summed E-state index contributed by atoms with van der Waals surface area (Å²) in [7, 11) is -7.27. The Morgan fingerprint density at radius 1 is 1.73 bits per heavy atom. The lowest BCUT2D eigenvalue weighted by molar-refractivity contribution is -0.109. The first kappa shape index (κ1) is 10.7. The van der Waals surface area contributed by atoms with E-state index in [0.29, 0.717) is 0 Å². The zero-order chi connectivity index (χ0) is 8.91. The first-order valence-corrected chi connectivity index (χ1v) is 5.22. The van der Waals surface area contributed by atoms with E-state index in [-0.39, 0.29) is 6.41 Å². The van der Waals surface area contributed by atoms with Gasteiger partial charge in [0.1, 0.15) is 6.29 Å². The summed E-state index contributed by atoms with van der Waals surface area (Å²) in [4.78, 5) is 26.2. The van der Waals surface area contributed by atoms with Crippen LogP contribution in [-0.4, -0.2) is 22.5 Å². The summed E-state index contributed by atoms with van der Waals surface area (Å²) in [6, 6.07) is 0. The van der Waals surface area contributed by atoms with Gasteiger partial charge in [-0.3, -0.25) is 9.36 Å². The van der Waals surface area contributed by atoms with Gasteiger partial charge in [-0.25, -0.2) is 0 Å². The van der Waals surface area contributed by atoms with Crippen molar-refractivity contribution < 1.29 is 28.0 Å². The molecule has 0 spiro atoms. The van der Waals surface area contributed by atoms with E-state index in [1.807, 2.05) is 5.32 Å². The standard InChI is InChI=1S/C2H5NO6P2/c4-1-3-2-11(7,8)9-10(5)6/h1H,2H2,(H2-,3,4,5,6,7,8)/p+1. The van der Waals surface area contributed by atoms with E-state index in [2.05, 4.69) is 4.31 Å². The van der Waals surface area contributed by atoms with Crippen LogP contribution in [0.2, 0.25) is 0 Å². The molecule has 0 aromatic carbocycles. The molecule has 0 saturated carbocycles. The van der Waals surface area contributed by atoms with E-state index < -0.39 is 22.1 Å². The first-order valence-electron chi connectivity index (χ1n) is 2.32. The van der Waals surface area contributed by atoms with Crippen molar-refractivity contribution in [3.63, 3.8) is 0 Å². The van der Waals surface area contributed by atoms with Crippen molar-refractivity contribution in [1.82, 2.24) is 5.32 Å². The minimum atomic E-state index is -4.14. The summed E-state index contributed by atoms with van der Waals surface area (Å²) in [5.41, 5.74) is 0. The molecule has 3 N–H and O–H groups in total. The highest BCUT2D eigenvalue weighted by atomic mass is 31.2. The summed E-state index contributed by atoms with van der Waals surface area (Å²) in [5, 5.41) is 1.84. The van der Waals surface area contributed by atoms with Crippen molar-refractivity contribution in [1.29, 1.82) is 0 Å².